The molecule has 0 radical (unpaired) electrons. The second-order valence-corrected chi connectivity index (χ2v) is 8.24. The quantitative estimate of drug-likeness (QED) is 0.602. The van der Waals surface area contributed by atoms with Crippen LogP contribution in [0.1, 0.15) is 12.5 Å². The molecule has 7 heteroatoms. The Bertz CT molecular complexity index is 1170. The third-order valence-corrected chi connectivity index (χ3v) is 6.16. The van der Waals surface area contributed by atoms with Crippen molar-refractivity contribution in [3.8, 4) is 11.5 Å². The Morgan fingerprint density at radius 1 is 1.00 bits per heavy atom. The fourth-order valence-corrected chi connectivity index (χ4v) is 4.24. The van der Waals surface area contributed by atoms with E-state index < -0.39 is 0 Å². The van der Waals surface area contributed by atoms with E-state index in [0.717, 1.165) is 68.2 Å². The largest absolute Gasteiger partial charge is 0.457 e. The lowest BCUT2D eigenvalue weighted by atomic mass is 10.1. The highest BCUT2D eigenvalue weighted by atomic mass is 16.5. The van der Waals surface area contributed by atoms with Crippen LogP contribution in [0.4, 0.5) is 0 Å². The molecule has 1 fully saturated rings. The monoisotopic (exact) mass is 429 g/mol. The van der Waals surface area contributed by atoms with Gasteiger partial charge < -0.3 is 9.64 Å². The Morgan fingerprint density at radius 3 is 2.50 bits per heavy atom. The van der Waals surface area contributed by atoms with Gasteiger partial charge in [-0.3, -0.25) is 19.4 Å². The maximum absolute atomic E-state index is 11.5. The first kappa shape index (κ1) is 20.5. The minimum absolute atomic E-state index is 0.164. The number of nitrogens with zero attached hydrogens (tertiary/aromatic N) is 5. The summed E-state index contributed by atoms with van der Waals surface area (Å²) in [5, 5.41) is 5.64. The molecule has 0 spiro atoms. The average Bonchev–Trinajstić information content (AvgIpc) is 3.49. The molecule has 2 aliphatic heterocycles. The highest BCUT2D eigenvalue weighted by molar-refractivity contribution is 5.89. The van der Waals surface area contributed by atoms with Crippen molar-refractivity contribution in [3.63, 3.8) is 0 Å². The minimum Gasteiger partial charge on any atom is -0.457 e. The fraction of sp³-hybridized carbons (Fsp3) is 0.320. The predicted molar refractivity (Wildman–Crippen MR) is 126 cm³/mol. The number of ether oxygens (including phenoxy) is 1. The maximum Gasteiger partial charge on any atom is 0.219 e. The zero-order valence-electron chi connectivity index (χ0n) is 18.3. The number of aliphatic imine (C=N–C) groups is 1. The van der Waals surface area contributed by atoms with Crippen molar-refractivity contribution in [1.29, 1.82) is 0 Å². The van der Waals surface area contributed by atoms with Gasteiger partial charge in [0.15, 0.2) is 0 Å². The number of allylic oxidation sites excluding steroid dienone is 1. The molecule has 0 atom stereocenters. The predicted octanol–water partition coefficient (Wildman–Crippen LogP) is 3.46. The van der Waals surface area contributed by atoms with Crippen molar-refractivity contribution in [1.82, 2.24) is 19.6 Å². The van der Waals surface area contributed by atoms with Crippen LogP contribution in [-0.2, 0) is 11.3 Å². The number of hydrogen-bond donors (Lipinski definition) is 0. The van der Waals surface area contributed by atoms with Gasteiger partial charge in [-0.25, -0.2) is 0 Å². The summed E-state index contributed by atoms with van der Waals surface area (Å²) in [6.45, 7) is 7.58. The van der Waals surface area contributed by atoms with E-state index in [2.05, 4.69) is 33.2 Å². The Hall–Kier alpha value is -3.45. The van der Waals surface area contributed by atoms with E-state index >= 15 is 0 Å². The van der Waals surface area contributed by atoms with E-state index in [1.807, 2.05) is 52.3 Å². The van der Waals surface area contributed by atoms with Crippen molar-refractivity contribution < 1.29 is 9.53 Å². The minimum atomic E-state index is 0.164. The third kappa shape index (κ3) is 4.43. The molecule has 1 amide bonds. The number of rotatable bonds is 6. The standard InChI is InChI=1S/C25H27N5O2/c1-19(31)29-13-10-28(11-14-29)12-15-30-25-7-6-24(16-22(25)18-27-30)32-23-4-2-20(3-5-23)21-8-9-26-17-21/h2-9,16,18H,10-15,17H2,1H3. The normalized spacial score (nSPS) is 16.5. The molecular weight excluding hydrogens is 402 g/mol. The van der Waals surface area contributed by atoms with Crippen molar-refractivity contribution in [2.75, 3.05) is 39.3 Å². The number of amides is 1. The number of carbonyl (C=O) groups excluding carboxylic acids is 1. The van der Waals surface area contributed by atoms with E-state index in [-0.39, 0.29) is 5.91 Å². The summed E-state index contributed by atoms with van der Waals surface area (Å²) in [6, 6.07) is 14.2. The second-order valence-electron chi connectivity index (χ2n) is 8.24. The molecule has 0 bridgehead atoms. The van der Waals surface area contributed by atoms with Crippen LogP contribution in [0.15, 0.2) is 59.7 Å². The molecule has 0 unspecified atom stereocenters. The molecule has 1 aromatic heterocycles. The van der Waals surface area contributed by atoms with Crippen LogP contribution in [0.5, 0.6) is 11.5 Å². The third-order valence-electron chi connectivity index (χ3n) is 6.16. The van der Waals surface area contributed by atoms with Gasteiger partial charge in [-0.1, -0.05) is 12.1 Å². The fourth-order valence-electron chi connectivity index (χ4n) is 4.24. The summed E-state index contributed by atoms with van der Waals surface area (Å²) in [7, 11) is 0. The smallest absolute Gasteiger partial charge is 0.219 e. The van der Waals surface area contributed by atoms with Gasteiger partial charge in [0.25, 0.3) is 0 Å². The molecule has 3 aromatic rings. The Balaban J connectivity index is 1.20. The van der Waals surface area contributed by atoms with E-state index in [1.54, 1.807) is 6.92 Å². The van der Waals surface area contributed by atoms with Crippen molar-refractivity contribution in [2.24, 2.45) is 4.99 Å². The number of hydrogen-bond acceptors (Lipinski definition) is 5. The van der Waals surface area contributed by atoms with Gasteiger partial charge in [0.2, 0.25) is 5.91 Å². The van der Waals surface area contributed by atoms with Gasteiger partial charge in [0.1, 0.15) is 11.5 Å². The van der Waals surface area contributed by atoms with Crippen LogP contribution in [0.2, 0.25) is 0 Å². The van der Waals surface area contributed by atoms with Crippen LogP contribution >= 0.6 is 0 Å². The van der Waals surface area contributed by atoms with Gasteiger partial charge >= 0.3 is 0 Å². The summed E-state index contributed by atoms with van der Waals surface area (Å²) in [5.74, 6) is 1.77. The lowest BCUT2D eigenvalue weighted by molar-refractivity contribution is -0.130. The van der Waals surface area contributed by atoms with Crippen molar-refractivity contribution >= 4 is 28.6 Å². The maximum atomic E-state index is 11.5. The topological polar surface area (TPSA) is 63.0 Å². The van der Waals surface area contributed by atoms with Gasteiger partial charge in [0, 0.05) is 51.2 Å². The van der Waals surface area contributed by atoms with Crippen LogP contribution in [0, 0.1) is 0 Å². The molecule has 7 nitrogen and oxygen atoms in total. The summed E-state index contributed by atoms with van der Waals surface area (Å²) in [6.07, 6.45) is 5.79. The molecular formula is C25H27N5O2. The van der Waals surface area contributed by atoms with Crippen LogP contribution in [-0.4, -0.2) is 71.0 Å². The van der Waals surface area contributed by atoms with Gasteiger partial charge in [-0.15, -0.1) is 0 Å². The Morgan fingerprint density at radius 2 is 1.78 bits per heavy atom. The van der Waals surface area contributed by atoms with Gasteiger partial charge in [-0.05, 0) is 47.5 Å². The van der Waals surface area contributed by atoms with Crippen LogP contribution in [0.3, 0.4) is 0 Å². The lowest BCUT2D eigenvalue weighted by Crippen LogP contribution is -2.48. The first-order chi connectivity index (χ1) is 15.7. The Kier molecular flexibility index (Phi) is 5.73. The first-order valence-electron chi connectivity index (χ1n) is 11.1. The molecule has 0 saturated carbocycles. The molecule has 164 valence electrons. The number of benzene rings is 2. The number of piperazine rings is 1. The summed E-state index contributed by atoms with van der Waals surface area (Å²) in [5.41, 5.74) is 3.50. The first-order valence-corrected chi connectivity index (χ1v) is 11.1. The van der Waals surface area contributed by atoms with E-state index in [0.29, 0.717) is 0 Å². The highest BCUT2D eigenvalue weighted by Gasteiger charge is 2.18. The van der Waals surface area contributed by atoms with Crippen molar-refractivity contribution in [3.05, 3.63) is 60.3 Å². The number of carbonyl (C=O) groups is 1. The number of fused-ring (bicyclic) bond motifs is 1. The Labute approximate surface area is 187 Å². The van der Waals surface area contributed by atoms with Crippen molar-refractivity contribution in [2.45, 2.75) is 13.5 Å². The molecule has 2 aliphatic rings. The van der Waals surface area contributed by atoms with Gasteiger partial charge in [-0.2, -0.15) is 5.10 Å². The summed E-state index contributed by atoms with van der Waals surface area (Å²) in [4.78, 5) is 20.0. The van der Waals surface area contributed by atoms with E-state index in [4.69, 9.17) is 4.74 Å². The van der Waals surface area contributed by atoms with Gasteiger partial charge in [0.05, 0.1) is 24.8 Å². The molecule has 5 rings (SSSR count). The summed E-state index contributed by atoms with van der Waals surface area (Å²) >= 11 is 0. The molecule has 2 aromatic carbocycles. The molecule has 3 heterocycles. The van der Waals surface area contributed by atoms with E-state index in [1.165, 1.54) is 11.1 Å². The lowest BCUT2D eigenvalue weighted by Gasteiger charge is -2.34. The second kappa shape index (κ2) is 8.96. The van der Waals surface area contributed by atoms with Crippen LogP contribution in [0.25, 0.3) is 16.5 Å². The molecule has 1 saturated heterocycles. The highest BCUT2D eigenvalue weighted by Crippen LogP contribution is 2.27. The van der Waals surface area contributed by atoms with E-state index in [9.17, 15) is 4.79 Å². The summed E-state index contributed by atoms with van der Waals surface area (Å²) < 4.78 is 8.11. The van der Waals surface area contributed by atoms with Crippen LogP contribution < -0.4 is 4.74 Å². The molecule has 0 N–H and O–H groups in total. The zero-order chi connectivity index (χ0) is 21.9. The molecule has 32 heavy (non-hydrogen) atoms. The zero-order valence-corrected chi connectivity index (χ0v) is 18.3. The number of aromatic nitrogens is 2. The molecule has 0 aliphatic carbocycles. The SMILES string of the molecule is CC(=O)N1CCN(CCn2ncc3cc(Oc4ccc(C5=CC=NC5)cc4)ccc32)CC1. The average molecular weight is 430 g/mol.